The second-order valence-corrected chi connectivity index (χ2v) is 10.9. The molecule has 1 aromatic heterocycles. The first-order valence-corrected chi connectivity index (χ1v) is 13.3. The van der Waals surface area contributed by atoms with Crippen LogP contribution in [0.15, 0.2) is 71.5 Å². The number of nitrogens with zero attached hydrogens (tertiary/aromatic N) is 3. The van der Waals surface area contributed by atoms with Crippen molar-refractivity contribution in [2.24, 2.45) is 11.3 Å². The Balaban J connectivity index is 1.39. The van der Waals surface area contributed by atoms with Crippen molar-refractivity contribution in [1.29, 1.82) is 0 Å². The van der Waals surface area contributed by atoms with E-state index < -0.39 is 23.3 Å². The van der Waals surface area contributed by atoms with E-state index in [1.54, 1.807) is 54.6 Å². The standard InChI is InChI=1S/C30H30N4O6/c1-40-25-13-19(10-11-24(25)35)14-30(27(37)31-29(39)34(28(30)38)22-6-3-2-4-7-22)18-32-15-20-12-21(17-32)23-8-5-9-26(36)33(23)16-20/h2-11,13,20-21,35H,12,14-18H2,1H3,(H,31,37,39)/t20-,21+,30?/m1/s1. The molecule has 3 aliphatic heterocycles. The van der Waals surface area contributed by atoms with Crippen LogP contribution in [-0.4, -0.2) is 59.2 Å². The van der Waals surface area contributed by atoms with Crippen molar-refractivity contribution in [1.82, 2.24) is 14.8 Å². The summed E-state index contributed by atoms with van der Waals surface area (Å²) in [6.45, 7) is 1.85. The van der Waals surface area contributed by atoms with E-state index >= 15 is 0 Å². The maximum absolute atomic E-state index is 14.3. The minimum atomic E-state index is -1.63. The van der Waals surface area contributed by atoms with Crippen molar-refractivity contribution >= 4 is 23.5 Å². The van der Waals surface area contributed by atoms with Gasteiger partial charge < -0.3 is 19.3 Å². The molecular formula is C30H30N4O6. The highest BCUT2D eigenvalue weighted by molar-refractivity contribution is 6.30. The molecule has 4 amide bonds. The van der Waals surface area contributed by atoms with Crippen LogP contribution in [0.4, 0.5) is 10.5 Å². The van der Waals surface area contributed by atoms with Crippen molar-refractivity contribution in [2.45, 2.75) is 25.3 Å². The van der Waals surface area contributed by atoms with Gasteiger partial charge in [-0.3, -0.25) is 19.7 Å². The fraction of sp³-hybridized carbons (Fsp3) is 0.333. The van der Waals surface area contributed by atoms with Crippen LogP contribution in [0.25, 0.3) is 0 Å². The molecule has 206 valence electrons. The van der Waals surface area contributed by atoms with E-state index in [0.29, 0.717) is 30.9 Å². The van der Waals surface area contributed by atoms with E-state index in [2.05, 4.69) is 10.2 Å². The number of urea groups is 1. The zero-order valence-corrected chi connectivity index (χ0v) is 22.1. The van der Waals surface area contributed by atoms with Gasteiger partial charge in [0.25, 0.3) is 11.5 Å². The number of hydrogen-bond acceptors (Lipinski definition) is 7. The molecule has 2 bridgehead atoms. The molecule has 0 spiro atoms. The molecule has 0 aliphatic carbocycles. The first-order chi connectivity index (χ1) is 19.3. The van der Waals surface area contributed by atoms with Gasteiger partial charge in [0.2, 0.25) is 5.91 Å². The molecule has 10 nitrogen and oxygen atoms in total. The molecule has 2 fully saturated rings. The maximum atomic E-state index is 14.3. The van der Waals surface area contributed by atoms with Crippen LogP contribution in [0.5, 0.6) is 11.5 Å². The second-order valence-electron chi connectivity index (χ2n) is 10.9. The zero-order chi connectivity index (χ0) is 28.0. The number of rotatable bonds is 6. The molecule has 3 atom stereocenters. The number of nitrogens with one attached hydrogen (secondary N) is 1. The van der Waals surface area contributed by atoms with Crippen molar-refractivity contribution in [3.05, 3.63) is 88.3 Å². The number of likely N-dealkylation sites (tertiary alicyclic amines) is 1. The number of amides is 4. The topological polar surface area (TPSA) is 121 Å². The highest BCUT2D eigenvalue weighted by Gasteiger charge is 2.55. The number of imide groups is 2. The van der Waals surface area contributed by atoms with Gasteiger partial charge in [-0.1, -0.05) is 30.3 Å². The summed E-state index contributed by atoms with van der Waals surface area (Å²) in [5.41, 5.74) is 0.292. The molecule has 2 saturated heterocycles. The van der Waals surface area contributed by atoms with Crippen molar-refractivity contribution in [3.63, 3.8) is 0 Å². The summed E-state index contributed by atoms with van der Waals surface area (Å²) in [5.74, 6) is -0.826. The number of carbonyl (C=O) groups is 3. The van der Waals surface area contributed by atoms with E-state index in [1.807, 2.05) is 10.6 Å². The number of aromatic nitrogens is 1. The smallest absolute Gasteiger partial charge is 0.335 e. The Hall–Kier alpha value is -4.44. The molecular weight excluding hydrogens is 512 g/mol. The highest BCUT2D eigenvalue weighted by Crippen LogP contribution is 2.40. The largest absolute Gasteiger partial charge is 0.504 e. The number of fused-ring (bicyclic) bond motifs is 4. The normalized spacial score (nSPS) is 24.4. The van der Waals surface area contributed by atoms with Crippen LogP contribution < -0.4 is 20.5 Å². The lowest BCUT2D eigenvalue weighted by Crippen LogP contribution is -2.68. The summed E-state index contributed by atoms with van der Waals surface area (Å²) < 4.78 is 7.11. The number of phenolic OH excluding ortho intramolecular Hbond substituents is 1. The van der Waals surface area contributed by atoms with Crippen LogP contribution in [0.2, 0.25) is 0 Å². The number of barbiturate groups is 1. The molecule has 2 aromatic carbocycles. The minimum absolute atomic E-state index is 0.00714. The Bertz CT molecular complexity index is 1550. The third-order valence-electron chi connectivity index (χ3n) is 8.28. The lowest BCUT2D eigenvalue weighted by Gasteiger charge is -2.47. The summed E-state index contributed by atoms with van der Waals surface area (Å²) >= 11 is 0. The third-order valence-corrected chi connectivity index (χ3v) is 8.28. The number of aromatic hydroxyl groups is 1. The Labute approximate surface area is 230 Å². The summed E-state index contributed by atoms with van der Waals surface area (Å²) in [7, 11) is 1.43. The number of anilines is 1. The Kier molecular flexibility index (Phi) is 6.42. The van der Waals surface area contributed by atoms with Crippen LogP contribution in [0, 0.1) is 11.3 Å². The van der Waals surface area contributed by atoms with Crippen LogP contribution in [-0.2, 0) is 22.6 Å². The van der Waals surface area contributed by atoms with Gasteiger partial charge in [0.15, 0.2) is 11.5 Å². The van der Waals surface area contributed by atoms with Crippen molar-refractivity contribution in [3.8, 4) is 11.5 Å². The first kappa shape index (κ1) is 25.8. The summed E-state index contributed by atoms with van der Waals surface area (Å²) in [6.07, 6.45) is 0.920. The first-order valence-electron chi connectivity index (χ1n) is 13.3. The maximum Gasteiger partial charge on any atom is 0.335 e. The molecule has 1 unspecified atom stereocenters. The molecule has 3 aliphatic rings. The molecule has 40 heavy (non-hydrogen) atoms. The van der Waals surface area contributed by atoms with Gasteiger partial charge in [-0.05, 0) is 54.7 Å². The number of piperidine rings is 1. The van der Waals surface area contributed by atoms with E-state index in [-0.39, 0.29) is 41.9 Å². The number of phenols is 1. The van der Waals surface area contributed by atoms with Gasteiger partial charge in [-0.15, -0.1) is 0 Å². The van der Waals surface area contributed by atoms with Crippen LogP contribution in [0.1, 0.15) is 23.6 Å². The monoisotopic (exact) mass is 542 g/mol. The molecule has 0 saturated carbocycles. The fourth-order valence-electron chi connectivity index (χ4n) is 6.53. The van der Waals surface area contributed by atoms with E-state index in [1.165, 1.54) is 13.2 Å². The Morgan fingerprint density at radius 2 is 1.77 bits per heavy atom. The molecule has 2 N–H and O–H groups in total. The minimum Gasteiger partial charge on any atom is -0.504 e. The number of carbonyl (C=O) groups excluding carboxylic acids is 3. The lowest BCUT2D eigenvalue weighted by atomic mass is 9.75. The number of para-hydroxylation sites is 1. The Morgan fingerprint density at radius 3 is 2.55 bits per heavy atom. The summed E-state index contributed by atoms with van der Waals surface area (Å²) in [4.78, 5) is 56.8. The molecule has 3 aromatic rings. The summed E-state index contributed by atoms with van der Waals surface area (Å²) in [6, 6.07) is 17.8. The van der Waals surface area contributed by atoms with Gasteiger partial charge in [0, 0.05) is 43.9 Å². The number of methoxy groups -OCH3 is 1. The van der Waals surface area contributed by atoms with E-state index in [0.717, 1.165) is 17.0 Å². The fourth-order valence-corrected chi connectivity index (χ4v) is 6.53. The third kappa shape index (κ3) is 4.34. The molecule has 6 rings (SSSR count). The second kappa shape index (κ2) is 9.95. The Morgan fingerprint density at radius 1 is 0.975 bits per heavy atom. The van der Waals surface area contributed by atoms with Gasteiger partial charge in [-0.25, -0.2) is 9.69 Å². The average Bonchev–Trinajstić information content (AvgIpc) is 2.94. The quantitative estimate of drug-likeness (QED) is 0.459. The van der Waals surface area contributed by atoms with Gasteiger partial charge >= 0.3 is 6.03 Å². The van der Waals surface area contributed by atoms with E-state index in [9.17, 15) is 24.3 Å². The molecule has 0 radical (unpaired) electrons. The highest BCUT2D eigenvalue weighted by atomic mass is 16.5. The lowest BCUT2D eigenvalue weighted by molar-refractivity contribution is -0.144. The predicted molar refractivity (Wildman–Crippen MR) is 146 cm³/mol. The van der Waals surface area contributed by atoms with Gasteiger partial charge in [0.1, 0.15) is 5.41 Å². The number of ether oxygens (including phenoxy) is 1. The number of pyridine rings is 1. The zero-order valence-electron chi connectivity index (χ0n) is 22.1. The number of hydrogen-bond donors (Lipinski definition) is 2. The SMILES string of the molecule is COc1cc(CC2(CN3C[C@H]4C[C@@H](C3)c3cccc(=O)n3C4)C(=O)NC(=O)N(c3ccccc3)C2=O)ccc1O. The predicted octanol–water partition coefficient (Wildman–Crippen LogP) is 2.49. The van der Waals surface area contributed by atoms with Crippen molar-refractivity contribution in [2.75, 3.05) is 31.6 Å². The van der Waals surface area contributed by atoms with Crippen molar-refractivity contribution < 1.29 is 24.2 Å². The van der Waals surface area contributed by atoms with Crippen LogP contribution in [0.3, 0.4) is 0 Å². The average molecular weight is 543 g/mol. The van der Waals surface area contributed by atoms with Gasteiger partial charge in [0.05, 0.1) is 12.8 Å². The van der Waals surface area contributed by atoms with Gasteiger partial charge in [-0.2, -0.15) is 0 Å². The molecule has 4 heterocycles. The van der Waals surface area contributed by atoms with E-state index in [4.69, 9.17) is 4.74 Å². The molecule has 10 heteroatoms. The van der Waals surface area contributed by atoms with Crippen LogP contribution >= 0.6 is 0 Å². The summed E-state index contributed by atoms with van der Waals surface area (Å²) in [5, 5.41) is 12.6. The number of benzene rings is 2.